The molecule has 0 aliphatic heterocycles. The number of aromatic nitrogens is 2. The minimum Gasteiger partial charge on any atom is -0.478 e. The molecule has 8 heteroatoms. The van der Waals surface area contributed by atoms with Crippen LogP contribution in [0.25, 0.3) is 0 Å². The summed E-state index contributed by atoms with van der Waals surface area (Å²) >= 11 is 11.5. The molecule has 0 saturated heterocycles. The van der Waals surface area contributed by atoms with E-state index < -0.39 is 11.9 Å². The highest BCUT2D eigenvalue weighted by molar-refractivity contribution is 6.35. The molecule has 0 saturated carbocycles. The van der Waals surface area contributed by atoms with E-state index in [1.807, 2.05) is 0 Å². The summed E-state index contributed by atoms with van der Waals surface area (Å²) in [6, 6.07) is 2.56. The first-order valence-electron chi connectivity index (χ1n) is 5.28. The number of nitrogens with zero attached hydrogens (tertiary/aromatic N) is 2. The molecule has 0 aromatic carbocycles. The molecule has 0 aliphatic carbocycles. The Balaban J connectivity index is 2.33. The summed E-state index contributed by atoms with van der Waals surface area (Å²) in [6.45, 7) is 0. The molecule has 0 fully saturated rings. The van der Waals surface area contributed by atoms with Gasteiger partial charge in [0.25, 0.3) is 5.91 Å². The first-order chi connectivity index (χ1) is 9.49. The summed E-state index contributed by atoms with van der Waals surface area (Å²) in [4.78, 5) is 30.6. The van der Waals surface area contributed by atoms with Crippen LogP contribution in [-0.4, -0.2) is 27.0 Å². The minimum atomic E-state index is -1.18. The van der Waals surface area contributed by atoms with E-state index in [1.165, 1.54) is 30.7 Å². The maximum atomic E-state index is 12.1. The fourth-order valence-corrected chi connectivity index (χ4v) is 1.80. The fourth-order valence-electron chi connectivity index (χ4n) is 1.46. The fraction of sp³-hybridized carbons (Fsp3) is 0. The van der Waals surface area contributed by atoms with Crippen molar-refractivity contribution in [2.24, 2.45) is 0 Å². The van der Waals surface area contributed by atoms with Crippen molar-refractivity contribution in [3.05, 3.63) is 52.0 Å². The number of aromatic carboxylic acids is 1. The van der Waals surface area contributed by atoms with Gasteiger partial charge in [0.2, 0.25) is 0 Å². The molecule has 0 spiro atoms. The van der Waals surface area contributed by atoms with Crippen LogP contribution in [0.1, 0.15) is 20.7 Å². The first kappa shape index (κ1) is 14.2. The van der Waals surface area contributed by atoms with Crippen molar-refractivity contribution in [2.75, 3.05) is 5.32 Å². The molecule has 102 valence electrons. The van der Waals surface area contributed by atoms with Crippen LogP contribution in [-0.2, 0) is 0 Å². The van der Waals surface area contributed by atoms with Gasteiger partial charge in [0.1, 0.15) is 5.15 Å². The SMILES string of the molecule is O=C(Nc1cnccc1C(=O)O)c1cc(Cl)ncc1Cl. The van der Waals surface area contributed by atoms with Crippen LogP contribution < -0.4 is 5.32 Å². The van der Waals surface area contributed by atoms with Crippen molar-refractivity contribution in [1.29, 1.82) is 0 Å². The van der Waals surface area contributed by atoms with Crippen molar-refractivity contribution in [3.63, 3.8) is 0 Å². The smallest absolute Gasteiger partial charge is 0.337 e. The number of amides is 1. The van der Waals surface area contributed by atoms with E-state index in [1.54, 1.807) is 0 Å². The number of carboxylic acids is 1. The Morgan fingerprint density at radius 2 is 1.95 bits per heavy atom. The molecular formula is C12H7Cl2N3O3. The topological polar surface area (TPSA) is 92.2 Å². The summed E-state index contributed by atoms with van der Waals surface area (Å²) in [5.41, 5.74) is 0.0745. The van der Waals surface area contributed by atoms with Crippen LogP contribution in [0.5, 0.6) is 0 Å². The number of halogens is 2. The van der Waals surface area contributed by atoms with Gasteiger partial charge in [0.15, 0.2) is 0 Å². The van der Waals surface area contributed by atoms with Gasteiger partial charge >= 0.3 is 5.97 Å². The Morgan fingerprint density at radius 3 is 2.65 bits per heavy atom. The zero-order valence-corrected chi connectivity index (χ0v) is 11.3. The first-order valence-corrected chi connectivity index (χ1v) is 6.04. The highest BCUT2D eigenvalue weighted by Gasteiger charge is 2.16. The molecular weight excluding hydrogens is 305 g/mol. The third-order valence-corrected chi connectivity index (χ3v) is 2.87. The zero-order valence-electron chi connectivity index (χ0n) is 9.80. The largest absolute Gasteiger partial charge is 0.478 e. The monoisotopic (exact) mass is 311 g/mol. The van der Waals surface area contributed by atoms with Gasteiger partial charge in [0.05, 0.1) is 28.0 Å². The Hall–Kier alpha value is -2.18. The van der Waals surface area contributed by atoms with Crippen molar-refractivity contribution >= 4 is 40.8 Å². The van der Waals surface area contributed by atoms with E-state index in [9.17, 15) is 9.59 Å². The maximum absolute atomic E-state index is 12.1. The number of anilines is 1. The van der Waals surface area contributed by atoms with Crippen molar-refractivity contribution in [1.82, 2.24) is 9.97 Å². The molecule has 2 N–H and O–H groups in total. The maximum Gasteiger partial charge on any atom is 0.337 e. The normalized spacial score (nSPS) is 10.1. The Labute approximate surface area is 123 Å². The number of pyridine rings is 2. The van der Waals surface area contributed by atoms with Crippen LogP contribution >= 0.6 is 23.2 Å². The van der Waals surface area contributed by atoms with Crippen molar-refractivity contribution in [2.45, 2.75) is 0 Å². The molecule has 0 aliphatic rings. The van der Waals surface area contributed by atoms with Gasteiger partial charge in [-0.3, -0.25) is 9.78 Å². The van der Waals surface area contributed by atoms with E-state index >= 15 is 0 Å². The number of hydrogen-bond acceptors (Lipinski definition) is 4. The summed E-state index contributed by atoms with van der Waals surface area (Å²) in [7, 11) is 0. The van der Waals surface area contributed by atoms with Gasteiger partial charge in [0, 0.05) is 12.4 Å². The second-order valence-electron chi connectivity index (χ2n) is 3.67. The van der Waals surface area contributed by atoms with Crippen LogP contribution in [0, 0.1) is 0 Å². The molecule has 0 bridgehead atoms. The summed E-state index contributed by atoms with van der Waals surface area (Å²) in [5, 5.41) is 11.6. The van der Waals surface area contributed by atoms with Gasteiger partial charge in [-0.25, -0.2) is 9.78 Å². The van der Waals surface area contributed by atoms with E-state index in [0.29, 0.717) is 0 Å². The number of carbonyl (C=O) groups excluding carboxylic acids is 1. The third-order valence-electron chi connectivity index (χ3n) is 2.37. The van der Waals surface area contributed by atoms with Crippen LogP contribution in [0.2, 0.25) is 10.2 Å². The number of rotatable bonds is 3. The minimum absolute atomic E-state index is 0.0639. The molecule has 2 aromatic rings. The molecule has 0 radical (unpaired) electrons. The van der Waals surface area contributed by atoms with Crippen molar-refractivity contribution < 1.29 is 14.7 Å². The van der Waals surface area contributed by atoms with Gasteiger partial charge in [-0.2, -0.15) is 0 Å². The number of carboxylic acid groups (broad SMARTS) is 1. The zero-order chi connectivity index (χ0) is 14.7. The molecule has 0 unspecified atom stereocenters. The molecule has 20 heavy (non-hydrogen) atoms. The Bertz CT molecular complexity index is 691. The predicted molar refractivity (Wildman–Crippen MR) is 73.4 cm³/mol. The highest BCUT2D eigenvalue weighted by atomic mass is 35.5. The predicted octanol–water partition coefficient (Wildman–Crippen LogP) is 2.73. The lowest BCUT2D eigenvalue weighted by Gasteiger charge is -2.08. The number of hydrogen-bond donors (Lipinski definition) is 2. The van der Waals surface area contributed by atoms with Gasteiger partial charge in [-0.05, 0) is 12.1 Å². The third kappa shape index (κ3) is 3.04. The summed E-state index contributed by atoms with van der Waals surface area (Å²) < 4.78 is 0. The molecule has 6 nitrogen and oxygen atoms in total. The molecule has 2 heterocycles. The molecule has 2 rings (SSSR count). The summed E-state index contributed by atoms with van der Waals surface area (Å²) in [6.07, 6.45) is 3.79. The quantitative estimate of drug-likeness (QED) is 0.850. The standard InChI is InChI=1S/C12H7Cl2N3O3/c13-8-4-16-10(14)3-7(8)11(18)17-9-5-15-2-1-6(9)12(19)20/h1-5H,(H,17,18)(H,19,20). The molecule has 0 atom stereocenters. The number of nitrogens with one attached hydrogen (secondary N) is 1. The second-order valence-corrected chi connectivity index (χ2v) is 4.46. The van der Waals surface area contributed by atoms with E-state index in [-0.39, 0.29) is 27.0 Å². The Kier molecular flexibility index (Phi) is 4.16. The summed E-state index contributed by atoms with van der Waals surface area (Å²) in [5.74, 6) is -1.78. The number of carbonyl (C=O) groups is 2. The lowest BCUT2D eigenvalue weighted by Crippen LogP contribution is -2.15. The van der Waals surface area contributed by atoms with Crippen LogP contribution in [0.4, 0.5) is 5.69 Å². The molecule has 1 amide bonds. The highest BCUT2D eigenvalue weighted by Crippen LogP contribution is 2.21. The van der Waals surface area contributed by atoms with Crippen LogP contribution in [0.3, 0.4) is 0 Å². The van der Waals surface area contributed by atoms with E-state index in [0.717, 1.165) is 0 Å². The van der Waals surface area contributed by atoms with E-state index in [4.69, 9.17) is 28.3 Å². The Morgan fingerprint density at radius 1 is 1.20 bits per heavy atom. The van der Waals surface area contributed by atoms with Gasteiger partial charge in [-0.1, -0.05) is 23.2 Å². The van der Waals surface area contributed by atoms with E-state index in [2.05, 4.69) is 15.3 Å². The van der Waals surface area contributed by atoms with Crippen molar-refractivity contribution in [3.8, 4) is 0 Å². The molecule has 2 aromatic heterocycles. The van der Waals surface area contributed by atoms with Crippen LogP contribution in [0.15, 0.2) is 30.7 Å². The second kappa shape index (κ2) is 5.85. The lowest BCUT2D eigenvalue weighted by atomic mass is 10.2. The van der Waals surface area contributed by atoms with Gasteiger partial charge < -0.3 is 10.4 Å². The van der Waals surface area contributed by atoms with Gasteiger partial charge in [-0.15, -0.1) is 0 Å². The lowest BCUT2D eigenvalue weighted by molar-refractivity contribution is 0.0698. The average Bonchev–Trinajstić information content (AvgIpc) is 2.41. The average molecular weight is 312 g/mol.